The molecule has 92 valence electrons. The molecule has 1 N–H and O–H groups in total. The summed E-state index contributed by atoms with van der Waals surface area (Å²) in [5.41, 5.74) is 0. The number of likely N-dealkylation sites (N-methyl/N-ethyl adjacent to an activating group) is 2. The van der Waals surface area contributed by atoms with Crippen molar-refractivity contribution in [3.8, 4) is 0 Å². The molecule has 0 bridgehead atoms. The van der Waals surface area contributed by atoms with Crippen molar-refractivity contribution in [2.75, 3.05) is 26.7 Å². The Morgan fingerprint density at radius 3 is 2.33 bits per heavy atom. The fourth-order valence-corrected chi connectivity index (χ4v) is 1.89. The summed E-state index contributed by atoms with van der Waals surface area (Å²) in [5, 5.41) is 3.46. The maximum absolute atomic E-state index is 3.46. The first kappa shape index (κ1) is 14.9. The molecule has 2 heteroatoms. The highest BCUT2D eigenvalue weighted by Crippen LogP contribution is 2.09. The molecule has 0 aromatic rings. The quantitative estimate of drug-likeness (QED) is 0.635. The normalized spacial score (nSPS) is 15.6. The van der Waals surface area contributed by atoms with Gasteiger partial charge in [0.2, 0.25) is 0 Å². The maximum Gasteiger partial charge on any atom is 0.0217 e. The Balaban J connectivity index is 3.96. The van der Waals surface area contributed by atoms with Crippen LogP contribution in [0.5, 0.6) is 0 Å². The molecule has 0 spiro atoms. The molecule has 2 atom stereocenters. The highest BCUT2D eigenvalue weighted by molar-refractivity contribution is 4.72. The number of hydrogen-bond acceptors (Lipinski definition) is 2. The van der Waals surface area contributed by atoms with Crippen LogP contribution in [0.4, 0.5) is 0 Å². The van der Waals surface area contributed by atoms with Gasteiger partial charge in [0.05, 0.1) is 0 Å². The molecule has 2 nitrogen and oxygen atoms in total. The van der Waals surface area contributed by atoms with Crippen molar-refractivity contribution in [2.45, 2.75) is 53.0 Å². The molecule has 0 aliphatic rings. The van der Waals surface area contributed by atoms with E-state index in [-0.39, 0.29) is 0 Å². The second kappa shape index (κ2) is 9.17. The summed E-state index contributed by atoms with van der Waals surface area (Å²) in [7, 11) is 2.27. The number of nitrogens with zero attached hydrogens (tertiary/aromatic N) is 1. The Labute approximate surface area is 96.4 Å². The molecule has 0 amide bonds. The summed E-state index contributed by atoms with van der Waals surface area (Å²) >= 11 is 0. The average molecular weight is 214 g/mol. The Kier molecular flexibility index (Phi) is 9.12. The van der Waals surface area contributed by atoms with Gasteiger partial charge in [-0.25, -0.2) is 0 Å². The van der Waals surface area contributed by atoms with Crippen molar-refractivity contribution in [2.24, 2.45) is 5.92 Å². The first-order valence-corrected chi connectivity index (χ1v) is 6.56. The minimum atomic E-state index is 0.712. The Morgan fingerprint density at radius 2 is 1.87 bits per heavy atom. The third kappa shape index (κ3) is 6.91. The van der Waals surface area contributed by atoms with Crippen molar-refractivity contribution in [3.63, 3.8) is 0 Å². The highest BCUT2D eigenvalue weighted by atomic mass is 15.1. The van der Waals surface area contributed by atoms with E-state index in [1.807, 2.05) is 0 Å². The smallest absolute Gasteiger partial charge is 0.0217 e. The molecule has 15 heavy (non-hydrogen) atoms. The van der Waals surface area contributed by atoms with E-state index in [9.17, 15) is 0 Å². The molecule has 0 aromatic carbocycles. The van der Waals surface area contributed by atoms with E-state index in [0.717, 1.165) is 19.0 Å². The van der Waals surface area contributed by atoms with Gasteiger partial charge in [0.15, 0.2) is 0 Å². The Hall–Kier alpha value is -0.0800. The van der Waals surface area contributed by atoms with Crippen LogP contribution < -0.4 is 5.32 Å². The standard InChI is InChI=1S/C13H30N2/c1-6-9-13(10-14-8-3)15(5)11-12(4)7-2/h12-14H,6-11H2,1-5H3. The number of nitrogens with one attached hydrogen (secondary N) is 1. The maximum atomic E-state index is 3.46. The van der Waals surface area contributed by atoms with Gasteiger partial charge in [-0.3, -0.25) is 0 Å². The molecular weight excluding hydrogens is 184 g/mol. The van der Waals surface area contributed by atoms with E-state index in [1.165, 1.54) is 25.8 Å². The van der Waals surface area contributed by atoms with Gasteiger partial charge in [0, 0.05) is 19.1 Å². The minimum absolute atomic E-state index is 0.712. The van der Waals surface area contributed by atoms with Crippen molar-refractivity contribution in [3.05, 3.63) is 0 Å². The molecular formula is C13H30N2. The van der Waals surface area contributed by atoms with E-state index >= 15 is 0 Å². The highest BCUT2D eigenvalue weighted by Gasteiger charge is 2.14. The topological polar surface area (TPSA) is 15.3 Å². The van der Waals surface area contributed by atoms with Crippen LogP contribution >= 0.6 is 0 Å². The van der Waals surface area contributed by atoms with Gasteiger partial charge in [0.1, 0.15) is 0 Å². The van der Waals surface area contributed by atoms with Gasteiger partial charge in [-0.05, 0) is 25.9 Å². The van der Waals surface area contributed by atoms with Gasteiger partial charge in [-0.1, -0.05) is 40.5 Å². The molecule has 0 aliphatic carbocycles. The summed E-state index contributed by atoms with van der Waals surface area (Å²) in [6.45, 7) is 12.5. The zero-order chi connectivity index (χ0) is 11.7. The zero-order valence-electron chi connectivity index (χ0n) is 11.3. The van der Waals surface area contributed by atoms with Gasteiger partial charge in [0.25, 0.3) is 0 Å². The zero-order valence-corrected chi connectivity index (χ0v) is 11.3. The van der Waals surface area contributed by atoms with Crippen LogP contribution in [0, 0.1) is 5.92 Å². The third-order valence-corrected chi connectivity index (χ3v) is 3.17. The van der Waals surface area contributed by atoms with Crippen molar-refractivity contribution < 1.29 is 0 Å². The summed E-state index contributed by atoms with van der Waals surface area (Å²) in [5.74, 6) is 0.816. The second-order valence-corrected chi connectivity index (χ2v) is 4.70. The number of hydrogen-bond donors (Lipinski definition) is 1. The molecule has 0 heterocycles. The second-order valence-electron chi connectivity index (χ2n) is 4.70. The fraction of sp³-hybridized carbons (Fsp3) is 1.00. The summed E-state index contributed by atoms with van der Waals surface area (Å²) in [6, 6.07) is 0.712. The monoisotopic (exact) mass is 214 g/mol. The van der Waals surface area contributed by atoms with Gasteiger partial charge < -0.3 is 10.2 Å². The van der Waals surface area contributed by atoms with E-state index in [4.69, 9.17) is 0 Å². The molecule has 0 fully saturated rings. The Morgan fingerprint density at radius 1 is 1.20 bits per heavy atom. The summed E-state index contributed by atoms with van der Waals surface area (Å²) < 4.78 is 0. The lowest BCUT2D eigenvalue weighted by Crippen LogP contribution is -2.41. The molecule has 0 aromatic heterocycles. The third-order valence-electron chi connectivity index (χ3n) is 3.17. The van der Waals surface area contributed by atoms with Crippen molar-refractivity contribution in [1.82, 2.24) is 10.2 Å². The molecule has 2 unspecified atom stereocenters. The van der Waals surface area contributed by atoms with E-state index < -0.39 is 0 Å². The predicted molar refractivity (Wildman–Crippen MR) is 69.3 cm³/mol. The van der Waals surface area contributed by atoms with Crippen LogP contribution in [0.25, 0.3) is 0 Å². The molecule has 0 saturated carbocycles. The van der Waals surface area contributed by atoms with E-state index in [0.29, 0.717) is 6.04 Å². The fourth-order valence-electron chi connectivity index (χ4n) is 1.89. The first-order valence-electron chi connectivity index (χ1n) is 6.56. The molecule has 0 rings (SSSR count). The van der Waals surface area contributed by atoms with Crippen molar-refractivity contribution in [1.29, 1.82) is 0 Å². The largest absolute Gasteiger partial charge is 0.315 e. The lowest BCUT2D eigenvalue weighted by Gasteiger charge is -2.30. The van der Waals surface area contributed by atoms with Gasteiger partial charge >= 0.3 is 0 Å². The summed E-state index contributed by atoms with van der Waals surface area (Å²) in [4.78, 5) is 2.53. The minimum Gasteiger partial charge on any atom is -0.315 e. The van der Waals surface area contributed by atoms with Crippen LogP contribution in [0.2, 0.25) is 0 Å². The molecule has 0 saturated heterocycles. The SMILES string of the molecule is CCCC(CNCC)N(C)CC(C)CC. The number of rotatable bonds is 9. The van der Waals surface area contributed by atoms with Gasteiger partial charge in [-0.15, -0.1) is 0 Å². The summed E-state index contributed by atoms with van der Waals surface area (Å²) in [6.07, 6.45) is 3.87. The van der Waals surface area contributed by atoms with Crippen LogP contribution in [0.15, 0.2) is 0 Å². The Bertz CT molecular complexity index is 136. The van der Waals surface area contributed by atoms with Crippen LogP contribution in [-0.2, 0) is 0 Å². The van der Waals surface area contributed by atoms with Crippen molar-refractivity contribution >= 4 is 0 Å². The predicted octanol–water partition coefficient (Wildman–Crippen LogP) is 2.74. The van der Waals surface area contributed by atoms with Crippen LogP contribution in [-0.4, -0.2) is 37.6 Å². The van der Waals surface area contributed by atoms with Gasteiger partial charge in [-0.2, -0.15) is 0 Å². The van der Waals surface area contributed by atoms with E-state index in [1.54, 1.807) is 0 Å². The average Bonchev–Trinajstić information content (AvgIpc) is 2.23. The molecule has 0 radical (unpaired) electrons. The first-order chi connectivity index (χ1) is 7.15. The van der Waals surface area contributed by atoms with E-state index in [2.05, 4.69) is 45.0 Å². The lowest BCUT2D eigenvalue weighted by molar-refractivity contribution is 0.195. The molecule has 0 aliphatic heterocycles. The van der Waals surface area contributed by atoms with Crippen LogP contribution in [0.3, 0.4) is 0 Å². The lowest BCUT2D eigenvalue weighted by atomic mass is 10.1. The van der Waals surface area contributed by atoms with Crippen LogP contribution in [0.1, 0.15) is 47.0 Å².